The molecule has 2 aromatic rings. The van der Waals surface area contributed by atoms with Crippen molar-refractivity contribution < 1.29 is 9.59 Å². The zero-order chi connectivity index (χ0) is 19.6. The van der Waals surface area contributed by atoms with Crippen LogP contribution < -0.4 is 16.0 Å². The summed E-state index contributed by atoms with van der Waals surface area (Å²) < 4.78 is 0. The van der Waals surface area contributed by atoms with E-state index in [1.165, 1.54) is 0 Å². The van der Waals surface area contributed by atoms with E-state index in [1.54, 1.807) is 19.1 Å². The lowest BCUT2D eigenvalue weighted by Crippen LogP contribution is -2.46. The standard InChI is InChI=1S/C21H22ClN3O2/c1-12(2)14-8-5-7-11-17(14)24-20(26)18-13(3)23-21(27)25-19(18)15-9-4-6-10-16(15)22/h4-12,19H,1-3H3,(H,24,26)(H2,23,25,27)/t19-/m1/s1. The first-order valence-corrected chi connectivity index (χ1v) is 9.19. The highest BCUT2D eigenvalue weighted by atomic mass is 35.5. The molecule has 2 aromatic carbocycles. The smallest absolute Gasteiger partial charge is 0.319 e. The van der Waals surface area contributed by atoms with Gasteiger partial charge in [0, 0.05) is 16.4 Å². The Morgan fingerprint density at radius 2 is 1.78 bits per heavy atom. The van der Waals surface area contributed by atoms with Crippen LogP contribution in [0.15, 0.2) is 59.8 Å². The molecule has 1 aliphatic rings. The molecule has 0 aromatic heterocycles. The van der Waals surface area contributed by atoms with E-state index >= 15 is 0 Å². The molecule has 140 valence electrons. The van der Waals surface area contributed by atoms with Crippen molar-refractivity contribution in [3.63, 3.8) is 0 Å². The Labute approximate surface area is 163 Å². The van der Waals surface area contributed by atoms with E-state index in [0.29, 0.717) is 21.9 Å². The summed E-state index contributed by atoms with van der Waals surface area (Å²) in [4.78, 5) is 25.2. The van der Waals surface area contributed by atoms with E-state index < -0.39 is 6.04 Å². The number of halogens is 1. The molecule has 5 nitrogen and oxygen atoms in total. The predicted octanol–water partition coefficient (Wildman–Crippen LogP) is 4.73. The van der Waals surface area contributed by atoms with E-state index in [9.17, 15) is 9.59 Å². The molecule has 0 aliphatic carbocycles. The Bertz CT molecular complexity index is 921. The predicted molar refractivity (Wildman–Crippen MR) is 108 cm³/mol. The number of hydrogen-bond donors (Lipinski definition) is 3. The summed E-state index contributed by atoms with van der Waals surface area (Å²) in [6.45, 7) is 5.86. The van der Waals surface area contributed by atoms with Crippen molar-refractivity contribution in [1.82, 2.24) is 10.6 Å². The van der Waals surface area contributed by atoms with Gasteiger partial charge in [-0.15, -0.1) is 0 Å². The molecule has 1 aliphatic heterocycles. The van der Waals surface area contributed by atoms with Crippen LogP contribution >= 0.6 is 11.6 Å². The van der Waals surface area contributed by atoms with E-state index in [1.807, 2.05) is 36.4 Å². The first-order chi connectivity index (χ1) is 12.9. The first kappa shape index (κ1) is 19.0. The van der Waals surface area contributed by atoms with E-state index in [-0.39, 0.29) is 17.9 Å². The van der Waals surface area contributed by atoms with Gasteiger partial charge in [0.2, 0.25) is 0 Å². The van der Waals surface area contributed by atoms with Crippen molar-refractivity contribution in [3.8, 4) is 0 Å². The number of carbonyl (C=O) groups excluding carboxylic acids is 2. The monoisotopic (exact) mass is 383 g/mol. The second-order valence-corrected chi connectivity index (χ2v) is 7.19. The van der Waals surface area contributed by atoms with Gasteiger partial charge < -0.3 is 16.0 Å². The number of urea groups is 1. The number of anilines is 1. The highest BCUT2D eigenvalue weighted by molar-refractivity contribution is 6.31. The van der Waals surface area contributed by atoms with Crippen LogP contribution in [0.4, 0.5) is 10.5 Å². The van der Waals surface area contributed by atoms with Crippen molar-refractivity contribution in [2.45, 2.75) is 32.7 Å². The van der Waals surface area contributed by atoms with Crippen LogP contribution in [0.1, 0.15) is 43.9 Å². The van der Waals surface area contributed by atoms with Gasteiger partial charge in [-0.25, -0.2) is 4.79 Å². The fourth-order valence-corrected chi connectivity index (χ4v) is 3.49. The van der Waals surface area contributed by atoms with Gasteiger partial charge in [0.1, 0.15) is 0 Å². The second kappa shape index (κ2) is 7.84. The highest BCUT2D eigenvalue weighted by Gasteiger charge is 2.32. The Kier molecular flexibility index (Phi) is 5.51. The van der Waals surface area contributed by atoms with Gasteiger partial charge in [0.15, 0.2) is 0 Å². The van der Waals surface area contributed by atoms with Crippen molar-refractivity contribution in [3.05, 3.63) is 76.0 Å². The molecule has 3 rings (SSSR count). The summed E-state index contributed by atoms with van der Waals surface area (Å²) in [7, 11) is 0. The fourth-order valence-electron chi connectivity index (χ4n) is 3.24. The molecule has 27 heavy (non-hydrogen) atoms. The number of amides is 3. The number of carbonyl (C=O) groups is 2. The number of para-hydroxylation sites is 1. The third-order valence-electron chi connectivity index (χ3n) is 4.56. The van der Waals surface area contributed by atoms with Crippen molar-refractivity contribution in [2.75, 3.05) is 5.32 Å². The Hall–Kier alpha value is -2.79. The van der Waals surface area contributed by atoms with Crippen LogP contribution in [-0.4, -0.2) is 11.9 Å². The summed E-state index contributed by atoms with van der Waals surface area (Å²) in [6.07, 6.45) is 0. The Balaban J connectivity index is 1.99. The van der Waals surface area contributed by atoms with E-state index in [4.69, 9.17) is 11.6 Å². The molecule has 6 heteroatoms. The molecule has 1 atom stereocenters. The number of nitrogens with one attached hydrogen (secondary N) is 3. The van der Waals surface area contributed by atoms with Crippen LogP contribution in [0.5, 0.6) is 0 Å². The summed E-state index contributed by atoms with van der Waals surface area (Å²) >= 11 is 6.32. The summed E-state index contributed by atoms with van der Waals surface area (Å²) in [6, 6.07) is 13.9. The zero-order valence-corrected chi connectivity index (χ0v) is 16.2. The Morgan fingerprint density at radius 3 is 2.48 bits per heavy atom. The van der Waals surface area contributed by atoms with Crippen molar-refractivity contribution in [1.29, 1.82) is 0 Å². The van der Waals surface area contributed by atoms with Gasteiger partial charge in [0.05, 0.1) is 11.6 Å². The maximum Gasteiger partial charge on any atom is 0.319 e. The molecule has 0 bridgehead atoms. The largest absolute Gasteiger partial charge is 0.327 e. The lowest BCUT2D eigenvalue weighted by atomic mass is 9.94. The molecule has 3 amide bonds. The van der Waals surface area contributed by atoms with Gasteiger partial charge in [0.25, 0.3) is 5.91 Å². The van der Waals surface area contributed by atoms with Crippen molar-refractivity contribution >= 4 is 29.2 Å². The number of allylic oxidation sites excluding steroid dienone is 1. The number of hydrogen-bond acceptors (Lipinski definition) is 2. The molecule has 1 heterocycles. The molecule has 0 fully saturated rings. The third-order valence-corrected chi connectivity index (χ3v) is 4.91. The van der Waals surface area contributed by atoms with Crippen LogP contribution in [0.3, 0.4) is 0 Å². The highest BCUT2D eigenvalue weighted by Crippen LogP contribution is 2.32. The second-order valence-electron chi connectivity index (χ2n) is 6.79. The maximum atomic E-state index is 13.2. The first-order valence-electron chi connectivity index (χ1n) is 8.81. The average molecular weight is 384 g/mol. The van der Waals surface area contributed by atoms with Crippen LogP contribution in [0, 0.1) is 0 Å². The average Bonchev–Trinajstić information content (AvgIpc) is 2.61. The third kappa shape index (κ3) is 3.98. The van der Waals surface area contributed by atoms with Crippen LogP contribution in [0.2, 0.25) is 5.02 Å². The van der Waals surface area contributed by atoms with Gasteiger partial charge in [-0.05, 0) is 36.1 Å². The van der Waals surface area contributed by atoms with E-state index in [2.05, 4.69) is 29.8 Å². The molecular formula is C21H22ClN3O2. The lowest BCUT2D eigenvalue weighted by molar-refractivity contribution is -0.113. The summed E-state index contributed by atoms with van der Waals surface area (Å²) in [5.74, 6) is -0.0156. The van der Waals surface area contributed by atoms with Gasteiger partial charge in [-0.3, -0.25) is 4.79 Å². The molecular weight excluding hydrogens is 362 g/mol. The minimum atomic E-state index is -0.626. The molecule has 0 saturated heterocycles. The zero-order valence-electron chi connectivity index (χ0n) is 15.5. The van der Waals surface area contributed by atoms with Gasteiger partial charge >= 0.3 is 6.03 Å². The minimum absolute atomic E-state index is 0.264. The molecule has 0 spiro atoms. The van der Waals surface area contributed by atoms with Crippen molar-refractivity contribution in [2.24, 2.45) is 0 Å². The summed E-state index contributed by atoms with van der Waals surface area (Å²) in [5.41, 5.74) is 3.42. The van der Waals surface area contributed by atoms with Gasteiger partial charge in [-0.2, -0.15) is 0 Å². The quantitative estimate of drug-likeness (QED) is 0.714. The fraction of sp³-hybridized carbons (Fsp3) is 0.238. The SMILES string of the molecule is CC1=C(C(=O)Nc2ccccc2C(C)C)[C@@H](c2ccccc2Cl)NC(=O)N1. The Morgan fingerprint density at radius 1 is 1.11 bits per heavy atom. The lowest BCUT2D eigenvalue weighted by Gasteiger charge is -2.29. The van der Waals surface area contributed by atoms with Crippen LogP contribution in [-0.2, 0) is 4.79 Å². The minimum Gasteiger partial charge on any atom is -0.327 e. The summed E-state index contributed by atoms with van der Waals surface area (Å²) in [5, 5.41) is 8.97. The van der Waals surface area contributed by atoms with E-state index in [0.717, 1.165) is 11.3 Å². The van der Waals surface area contributed by atoms with Gasteiger partial charge in [-0.1, -0.05) is 61.8 Å². The number of benzene rings is 2. The normalized spacial score (nSPS) is 16.8. The topological polar surface area (TPSA) is 70.2 Å². The molecule has 0 radical (unpaired) electrons. The maximum absolute atomic E-state index is 13.2. The van der Waals surface area contributed by atoms with Crippen LogP contribution in [0.25, 0.3) is 0 Å². The molecule has 0 saturated carbocycles. The molecule has 0 unspecified atom stereocenters. The number of rotatable bonds is 4. The molecule has 3 N–H and O–H groups in total.